The predicted molar refractivity (Wildman–Crippen MR) is 45.2 cm³/mol. The average Bonchev–Trinajstić information content (AvgIpc) is 2.03. The van der Waals surface area contributed by atoms with Crippen LogP contribution in [-0.4, -0.2) is 0 Å². The normalized spacial score (nSPS) is 8.82. The van der Waals surface area contributed by atoms with Crippen LogP contribution in [0.25, 0.3) is 0 Å². The number of para-hydroxylation sites is 1. The lowest BCUT2D eigenvalue weighted by molar-refractivity contribution is 0.238. The molecule has 3 heteroatoms. The van der Waals surface area contributed by atoms with Gasteiger partial charge in [-0.2, -0.15) is 0 Å². The summed E-state index contributed by atoms with van der Waals surface area (Å²) in [4.78, 5) is 4.99. The Morgan fingerprint density at radius 1 is 1.36 bits per heavy atom. The summed E-state index contributed by atoms with van der Waals surface area (Å²) in [5.41, 5.74) is 2.43. The Labute approximate surface area is 70.4 Å². The highest BCUT2D eigenvalue weighted by atomic mass is 35.5. The van der Waals surface area contributed by atoms with Crippen LogP contribution in [0, 0.1) is 0 Å². The van der Waals surface area contributed by atoms with E-state index in [0.717, 1.165) is 0 Å². The van der Waals surface area contributed by atoms with Gasteiger partial charge in [0.25, 0.3) is 0 Å². The van der Waals surface area contributed by atoms with Gasteiger partial charge in [-0.3, -0.25) is 0 Å². The first-order chi connectivity index (χ1) is 5.29. The molecule has 0 amide bonds. The number of benzene rings is 1. The van der Waals surface area contributed by atoms with Crippen LogP contribution in [-0.2, 0) is 0 Å². The Morgan fingerprint density at radius 3 is 2.55 bits per heavy atom. The monoisotopic (exact) mass is 169 g/mol. The Hall–Kier alpha value is -1.15. The van der Waals surface area contributed by atoms with Crippen molar-refractivity contribution in [2.75, 3.05) is 0 Å². The molecule has 0 aromatic heterocycles. The fourth-order valence-corrected chi connectivity index (χ4v) is 0.641. The third-order valence-corrected chi connectivity index (χ3v) is 1.10. The van der Waals surface area contributed by atoms with Crippen molar-refractivity contribution in [2.45, 2.75) is 0 Å². The zero-order valence-corrected chi connectivity index (χ0v) is 6.64. The zero-order valence-electron chi connectivity index (χ0n) is 5.88. The minimum Gasteiger partial charge on any atom is -0.381 e. The fourth-order valence-electron chi connectivity index (χ4n) is 0.603. The van der Waals surface area contributed by atoms with Gasteiger partial charge < -0.3 is 4.84 Å². The summed E-state index contributed by atoms with van der Waals surface area (Å²) >= 11 is 5.40. The molecule has 0 aliphatic rings. The lowest BCUT2D eigenvalue weighted by Crippen LogP contribution is -2.13. The molecule has 0 bridgehead atoms. The van der Waals surface area contributed by atoms with Crippen molar-refractivity contribution in [3.63, 3.8) is 0 Å². The van der Waals surface area contributed by atoms with E-state index in [-0.39, 0.29) is 5.16 Å². The van der Waals surface area contributed by atoms with Gasteiger partial charge in [0.15, 0.2) is 5.75 Å². The van der Waals surface area contributed by atoms with Gasteiger partial charge in [-0.25, -0.2) is 5.48 Å². The van der Waals surface area contributed by atoms with Gasteiger partial charge in [-0.1, -0.05) is 36.4 Å². The van der Waals surface area contributed by atoms with Gasteiger partial charge in [0.1, 0.15) is 5.16 Å². The molecule has 1 rings (SSSR count). The van der Waals surface area contributed by atoms with E-state index in [4.69, 9.17) is 16.4 Å². The van der Waals surface area contributed by atoms with Crippen molar-refractivity contribution in [1.82, 2.24) is 5.48 Å². The quantitative estimate of drug-likeness (QED) is 0.554. The molecule has 11 heavy (non-hydrogen) atoms. The van der Waals surface area contributed by atoms with Gasteiger partial charge >= 0.3 is 0 Å². The molecule has 0 aliphatic heterocycles. The van der Waals surface area contributed by atoms with Gasteiger partial charge in [0, 0.05) is 0 Å². The largest absolute Gasteiger partial charge is 0.381 e. The van der Waals surface area contributed by atoms with Crippen LogP contribution < -0.4 is 10.3 Å². The molecule has 2 nitrogen and oxygen atoms in total. The zero-order chi connectivity index (χ0) is 8.10. The minimum atomic E-state index is 0.258. The number of nitrogens with one attached hydrogen (secondary N) is 1. The topological polar surface area (TPSA) is 21.3 Å². The molecule has 0 radical (unpaired) electrons. The van der Waals surface area contributed by atoms with Crippen LogP contribution in [0.1, 0.15) is 0 Å². The molecule has 0 spiro atoms. The number of hydrogen-bond acceptors (Lipinski definition) is 2. The van der Waals surface area contributed by atoms with E-state index >= 15 is 0 Å². The summed E-state index contributed by atoms with van der Waals surface area (Å²) in [5.74, 6) is 0.703. The van der Waals surface area contributed by atoms with Crippen LogP contribution in [0.2, 0.25) is 0 Å². The third kappa shape index (κ3) is 2.96. The van der Waals surface area contributed by atoms with Crippen molar-refractivity contribution < 1.29 is 4.84 Å². The Bertz CT molecular complexity index is 235. The molecule has 0 atom stereocenters. The lowest BCUT2D eigenvalue weighted by atomic mass is 10.3. The molecular weight excluding hydrogens is 162 g/mol. The van der Waals surface area contributed by atoms with Crippen LogP contribution in [0.15, 0.2) is 42.1 Å². The number of hydrogen-bond donors (Lipinski definition) is 1. The van der Waals surface area contributed by atoms with Gasteiger partial charge in [0.2, 0.25) is 0 Å². The predicted octanol–water partition coefficient (Wildman–Crippen LogP) is 2.28. The smallest absolute Gasteiger partial charge is 0.155 e. The molecule has 0 heterocycles. The highest BCUT2D eigenvalue weighted by Gasteiger charge is 1.89. The average molecular weight is 170 g/mol. The Kier molecular flexibility index (Phi) is 2.81. The van der Waals surface area contributed by atoms with E-state index in [0.29, 0.717) is 5.75 Å². The van der Waals surface area contributed by atoms with E-state index < -0.39 is 0 Å². The second-order valence-corrected chi connectivity index (χ2v) is 2.38. The lowest BCUT2D eigenvalue weighted by Gasteiger charge is -2.04. The standard InChI is InChI=1S/C8H8ClNO/c1-7(9)10-11-8-5-3-2-4-6-8/h2-6,10H,1H2. The van der Waals surface area contributed by atoms with Crippen LogP contribution in [0.4, 0.5) is 0 Å². The van der Waals surface area contributed by atoms with E-state index in [1.807, 2.05) is 30.3 Å². The van der Waals surface area contributed by atoms with E-state index in [9.17, 15) is 0 Å². The van der Waals surface area contributed by atoms with Crippen molar-refractivity contribution in [2.24, 2.45) is 0 Å². The fraction of sp³-hybridized carbons (Fsp3) is 0. The summed E-state index contributed by atoms with van der Waals surface area (Å²) in [7, 11) is 0. The van der Waals surface area contributed by atoms with Crippen LogP contribution >= 0.6 is 11.6 Å². The number of hydroxylamine groups is 1. The van der Waals surface area contributed by atoms with E-state index in [1.54, 1.807) is 0 Å². The second-order valence-electron chi connectivity index (χ2n) is 1.92. The van der Waals surface area contributed by atoms with Gasteiger partial charge in [0.05, 0.1) is 0 Å². The van der Waals surface area contributed by atoms with E-state index in [2.05, 4.69) is 12.1 Å². The number of rotatable bonds is 3. The second kappa shape index (κ2) is 3.88. The summed E-state index contributed by atoms with van der Waals surface area (Å²) in [6.45, 7) is 3.40. The molecule has 0 saturated carbocycles. The van der Waals surface area contributed by atoms with Gasteiger partial charge in [-0.05, 0) is 12.1 Å². The molecule has 58 valence electrons. The minimum absolute atomic E-state index is 0.258. The molecule has 1 aromatic rings. The Balaban J connectivity index is 2.45. The summed E-state index contributed by atoms with van der Waals surface area (Å²) < 4.78 is 0. The molecule has 0 saturated heterocycles. The molecule has 0 aliphatic carbocycles. The molecule has 1 N–H and O–H groups in total. The summed E-state index contributed by atoms with van der Waals surface area (Å²) in [6.07, 6.45) is 0. The van der Waals surface area contributed by atoms with E-state index in [1.165, 1.54) is 0 Å². The molecular formula is C8H8ClNO. The SMILES string of the molecule is C=C(Cl)NOc1ccccc1. The Morgan fingerprint density at radius 2 is 2.00 bits per heavy atom. The van der Waals surface area contributed by atoms with Gasteiger partial charge in [-0.15, -0.1) is 0 Å². The first kappa shape index (κ1) is 7.95. The van der Waals surface area contributed by atoms with Crippen LogP contribution in [0.5, 0.6) is 5.75 Å². The molecule has 0 fully saturated rings. The maximum Gasteiger partial charge on any atom is 0.155 e. The van der Waals surface area contributed by atoms with Crippen molar-refractivity contribution in [3.8, 4) is 5.75 Å². The summed E-state index contributed by atoms with van der Waals surface area (Å²) in [6, 6.07) is 9.27. The first-order valence-electron chi connectivity index (χ1n) is 3.11. The third-order valence-electron chi connectivity index (χ3n) is 1.02. The number of halogens is 1. The highest BCUT2D eigenvalue weighted by Crippen LogP contribution is 2.07. The molecule has 1 aromatic carbocycles. The van der Waals surface area contributed by atoms with Crippen molar-refractivity contribution in [3.05, 3.63) is 42.1 Å². The summed E-state index contributed by atoms with van der Waals surface area (Å²) in [5, 5.41) is 0.258. The first-order valence-corrected chi connectivity index (χ1v) is 3.49. The maximum atomic E-state index is 5.40. The van der Waals surface area contributed by atoms with Crippen LogP contribution in [0.3, 0.4) is 0 Å². The van der Waals surface area contributed by atoms with Crippen molar-refractivity contribution in [1.29, 1.82) is 0 Å². The van der Waals surface area contributed by atoms with Crippen molar-refractivity contribution >= 4 is 11.6 Å². The molecule has 0 unspecified atom stereocenters. The highest BCUT2D eigenvalue weighted by molar-refractivity contribution is 6.28. The maximum absolute atomic E-state index is 5.40.